The average Bonchev–Trinajstić information content (AvgIpc) is 2.98. The van der Waals surface area contributed by atoms with Gasteiger partial charge in [0.25, 0.3) is 0 Å². The number of carbonyl (C=O) groups is 1. The molecule has 2 N–H and O–H groups in total. The number of thiazole rings is 1. The van der Waals surface area contributed by atoms with E-state index >= 15 is 0 Å². The predicted molar refractivity (Wildman–Crippen MR) is 92.8 cm³/mol. The number of ether oxygens (including phenoxy) is 1. The van der Waals surface area contributed by atoms with E-state index in [0.717, 1.165) is 30.2 Å². The molecular formula is C17H23N3O2S. The molecule has 0 radical (unpaired) electrons. The molecule has 2 aromatic rings. The third-order valence-corrected chi connectivity index (χ3v) is 4.14. The van der Waals surface area contributed by atoms with Gasteiger partial charge in [-0.15, -0.1) is 11.3 Å². The Kier molecular flexibility index (Phi) is 7.72. The van der Waals surface area contributed by atoms with Crippen LogP contribution in [0.4, 0.5) is 0 Å². The van der Waals surface area contributed by atoms with E-state index in [1.807, 2.05) is 23.6 Å². The summed E-state index contributed by atoms with van der Waals surface area (Å²) >= 11 is 1.61. The van der Waals surface area contributed by atoms with Gasteiger partial charge in [-0.2, -0.15) is 0 Å². The molecule has 0 fully saturated rings. The second kappa shape index (κ2) is 10.1. The van der Waals surface area contributed by atoms with Crippen LogP contribution in [-0.2, 0) is 22.4 Å². The van der Waals surface area contributed by atoms with Gasteiger partial charge in [-0.05, 0) is 5.56 Å². The zero-order chi connectivity index (χ0) is 16.3. The van der Waals surface area contributed by atoms with E-state index in [-0.39, 0.29) is 5.91 Å². The molecule has 0 saturated carbocycles. The highest BCUT2D eigenvalue weighted by atomic mass is 32.1. The van der Waals surface area contributed by atoms with E-state index in [1.54, 1.807) is 18.4 Å². The van der Waals surface area contributed by atoms with Crippen LogP contribution in [0.1, 0.15) is 16.3 Å². The summed E-state index contributed by atoms with van der Waals surface area (Å²) in [5.74, 6) is 0.00935. The Balaban J connectivity index is 1.68. The van der Waals surface area contributed by atoms with E-state index in [1.165, 1.54) is 5.56 Å². The number of carbonyl (C=O) groups excluding carboxylic acids is 1. The topological polar surface area (TPSA) is 63.2 Å². The first-order chi connectivity index (χ1) is 11.3. The fourth-order valence-corrected chi connectivity index (χ4v) is 2.93. The quantitative estimate of drug-likeness (QED) is 0.649. The molecule has 0 aliphatic heterocycles. The Labute approximate surface area is 141 Å². The van der Waals surface area contributed by atoms with Crippen molar-refractivity contribution in [3.63, 3.8) is 0 Å². The van der Waals surface area contributed by atoms with Gasteiger partial charge in [0.2, 0.25) is 5.91 Å². The Hall–Kier alpha value is -1.76. The lowest BCUT2D eigenvalue weighted by Gasteiger charge is -2.05. The Morgan fingerprint density at radius 3 is 2.83 bits per heavy atom. The fraction of sp³-hybridized carbons (Fsp3) is 0.412. The first-order valence-electron chi connectivity index (χ1n) is 7.71. The number of rotatable bonds is 10. The molecule has 1 aromatic carbocycles. The van der Waals surface area contributed by atoms with Crippen molar-refractivity contribution in [2.75, 3.05) is 33.4 Å². The summed E-state index contributed by atoms with van der Waals surface area (Å²) in [6.45, 7) is 2.83. The lowest BCUT2D eigenvalue weighted by Crippen LogP contribution is -2.33. The molecule has 0 atom stereocenters. The molecule has 0 spiro atoms. The molecule has 124 valence electrons. The van der Waals surface area contributed by atoms with Gasteiger partial charge < -0.3 is 15.4 Å². The predicted octanol–water partition coefficient (Wildman–Crippen LogP) is 1.63. The number of benzene rings is 1. The number of amides is 1. The SMILES string of the molecule is COCCNCCNC(=O)Cc1csc(Cc2ccccc2)n1. The Morgan fingerprint density at radius 2 is 2.04 bits per heavy atom. The van der Waals surface area contributed by atoms with Crippen LogP contribution in [0, 0.1) is 0 Å². The maximum absolute atomic E-state index is 11.9. The number of methoxy groups -OCH3 is 1. The van der Waals surface area contributed by atoms with Gasteiger partial charge in [0.1, 0.15) is 0 Å². The molecule has 23 heavy (non-hydrogen) atoms. The number of nitrogens with one attached hydrogen (secondary N) is 2. The average molecular weight is 333 g/mol. The van der Waals surface area contributed by atoms with Crippen molar-refractivity contribution in [1.82, 2.24) is 15.6 Å². The number of aromatic nitrogens is 1. The van der Waals surface area contributed by atoms with Crippen molar-refractivity contribution in [2.24, 2.45) is 0 Å². The smallest absolute Gasteiger partial charge is 0.226 e. The molecule has 2 rings (SSSR count). The van der Waals surface area contributed by atoms with Crippen LogP contribution in [0.5, 0.6) is 0 Å². The molecule has 1 heterocycles. The molecule has 0 bridgehead atoms. The van der Waals surface area contributed by atoms with Crippen LogP contribution in [0.2, 0.25) is 0 Å². The maximum Gasteiger partial charge on any atom is 0.226 e. The first kappa shape index (κ1) is 17.6. The van der Waals surface area contributed by atoms with Gasteiger partial charge in [-0.25, -0.2) is 4.98 Å². The second-order valence-corrected chi connectivity index (χ2v) is 6.11. The van der Waals surface area contributed by atoms with Crippen molar-refractivity contribution in [3.05, 3.63) is 52.0 Å². The summed E-state index contributed by atoms with van der Waals surface area (Å²) in [6.07, 6.45) is 1.15. The number of hydrogen-bond acceptors (Lipinski definition) is 5. The highest BCUT2D eigenvalue weighted by molar-refractivity contribution is 7.09. The molecule has 1 aromatic heterocycles. The third-order valence-electron chi connectivity index (χ3n) is 3.25. The van der Waals surface area contributed by atoms with Crippen molar-refractivity contribution in [3.8, 4) is 0 Å². The Bertz CT molecular complexity index is 587. The van der Waals surface area contributed by atoms with Gasteiger partial charge in [0, 0.05) is 38.5 Å². The summed E-state index contributed by atoms with van der Waals surface area (Å²) in [5.41, 5.74) is 2.07. The first-order valence-corrected chi connectivity index (χ1v) is 8.59. The Morgan fingerprint density at radius 1 is 1.22 bits per heavy atom. The maximum atomic E-state index is 11.9. The van der Waals surface area contributed by atoms with Crippen molar-refractivity contribution in [1.29, 1.82) is 0 Å². The van der Waals surface area contributed by atoms with E-state index in [4.69, 9.17) is 4.74 Å². The molecule has 0 aliphatic rings. The number of hydrogen-bond donors (Lipinski definition) is 2. The van der Waals surface area contributed by atoms with Crippen LogP contribution < -0.4 is 10.6 Å². The second-order valence-electron chi connectivity index (χ2n) is 5.16. The molecule has 0 saturated heterocycles. The number of nitrogens with zero attached hydrogens (tertiary/aromatic N) is 1. The zero-order valence-corrected chi connectivity index (χ0v) is 14.2. The largest absolute Gasteiger partial charge is 0.383 e. The van der Waals surface area contributed by atoms with Crippen molar-refractivity contribution >= 4 is 17.2 Å². The summed E-state index contributed by atoms with van der Waals surface area (Å²) in [5, 5.41) is 9.08. The van der Waals surface area contributed by atoms with Crippen LogP contribution in [0.25, 0.3) is 0 Å². The fourth-order valence-electron chi connectivity index (χ4n) is 2.10. The lowest BCUT2D eigenvalue weighted by molar-refractivity contribution is -0.120. The third kappa shape index (κ3) is 6.90. The van der Waals surface area contributed by atoms with E-state index in [0.29, 0.717) is 19.6 Å². The van der Waals surface area contributed by atoms with Crippen LogP contribution >= 0.6 is 11.3 Å². The standard InChI is InChI=1S/C17H23N3O2S/c1-22-10-9-18-7-8-19-16(21)12-15-13-23-17(20-15)11-14-5-3-2-4-6-14/h2-6,13,18H,7-12H2,1H3,(H,19,21). The van der Waals surface area contributed by atoms with Gasteiger partial charge >= 0.3 is 0 Å². The van der Waals surface area contributed by atoms with Gasteiger partial charge in [-0.3, -0.25) is 4.79 Å². The van der Waals surface area contributed by atoms with Gasteiger partial charge in [-0.1, -0.05) is 30.3 Å². The molecule has 0 aliphatic carbocycles. The van der Waals surface area contributed by atoms with E-state index in [2.05, 4.69) is 27.8 Å². The minimum Gasteiger partial charge on any atom is -0.383 e. The highest BCUT2D eigenvalue weighted by Gasteiger charge is 2.07. The minimum absolute atomic E-state index is 0.00935. The normalized spacial score (nSPS) is 10.7. The van der Waals surface area contributed by atoms with E-state index in [9.17, 15) is 4.79 Å². The highest BCUT2D eigenvalue weighted by Crippen LogP contribution is 2.15. The van der Waals surface area contributed by atoms with Gasteiger partial charge in [0.15, 0.2) is 0 Å². The summed E-state index contributed by atoms with van der Waals surface area (Å²) < 4.78 is 4.94. The summed E-state index contributed by atoms with van der Waals surface area (Å²) in [4.78, 5) is 16.4. The van der Waals surface area contributed by atoms with Crippen molar-refractivity contribution in [2.45, 2.75) is 12.8 Å². The molecule has 6 heteroatoms. The lowest BCUT2D eigenvalue weighted by atomic mass is 10.2. The zero-order valence-electron chi connectivity index (χ0n) is 13.4. The molecule has 0 unspecified atom stereocenters. The molecule has 5 nitrogen and oxygen atoms in total. The monoisotopic (exact) mass is 333 g/mol. The van der Waals surface area contributed by atoms with E-state index < -0.39 is 0 Å². The molecular weight excluding hydrogens is 310 g/mol. The van der Waals surface area contributed by atoms with Crippen LogP contribution in [-0.4, -0.2) is 44.2 Å². The van der Waals surface area contributed by atoms with Crippen LogP contribution in [0.15, 0.2) is 35.7 Å². The van der Waals surface area contributed by atoms with Crippen molar-refractivity contribution < 1.29 is 9.53 Å². The van der Waals surface area contributed by atoms with Crippen LogP contribution in [0.3, 0.4) is 0 Å². The van der Waals surface area contributed by atoms with Gasteiger partial charge in [0.05, 0.1) is 23.7 Å². The summed E-state index contributed by atoms with van der Waals surface area (Å²) in [6, 6.07) is 10.2. The summed E-state index contributed by atoms with van der Waals surface area (Å²) in [7, 11) is 1.67. The molecule has 1 amide bonds. The minimum atomic E-state index is 0.00935.